The van der Waals surface area contributed by atoms with Crippen LogP contribution in [0.3, 0.4) is 0 Å². The Morgan fingerprint density at radius 1 is 1.15 bits per heavy atom. The van der Waals surface area contributed by atoms with E-state index >= 15 is 0 Å². The number of benzene rings is 1. The maximum Gasteiger partial charge on any atom is 0.253 e. The molecule has 1 atom stereocenters. The topological polar surface area (TPSA) is 51.0 Å². The number of piperidine rings is 1. The fraction of sp³-hybridized carbons (Fsp3) is 0.318. The van der Waals surface area contributed by atoms with Gasteiger partial charge >= 0.3 is 0 Å². The van der Waals surface area contributed by atoms with Crippen LogP contribution >= 0.6 is 0 Å². The number of carbonyl (C=O) groups is 1. The molecule has 1 fully saturated rings. The number of nitrogens with zero attached hydrogens (tertiary/aromatic N) is 4. The van der Waals surface area contributed by atoms with Crippen LogP contribution in [0.4, 0.5) is 0 Å². The molecule has 3 aromatic rings. The summed E-state index contributed by atoms with van der Waals surface area (Å²) in [6, 6.07) is 15.7. The van der Waals surface area contributed by atoms with Gasteiger partial charge in [-0.2, -0.15) is 0 Å². The second-order valence-electron chi connectivity index (χ2n) is 6.94. The van der Waals surface area contributed by atoms with Gasteiger partial charge in [0.15, 0.2) is 0 Å². The van der Waals surface area contributed by atoms with E-state index in [0.717, 1.165) is 55.3 Å². The summed E-state index contributed by atoms with van der Waals surface area (Å²) >= 11 is 0. The van der Waals surface area contributed by atoms with Gasteiger partial charge in [0.1, 0.15) is 11.6 Å². The van der Waals surface area contributed by atoms with E-state index in [1.165, 1.54) is 0 Å². The van der Waals surface area contributed by atoms with Crippen molar-refractivity contribution in [2.75, 3.05) is 13.1 Å². The van der Waals surface area contributed by atoms with Gasteiger partial charge in [0.05, 0.1) is 0 Å². The zero-order valence-corrected chi connectivity index (χ0v) is 15.6. The predicted molar refractivity (Wildman–Crippen MR) is 105 cm³/mol. The Bertz CT molecular complexity index is 919. The van der Waals surface area contributed by atoms with E-state index in [9.17, 15) is 4.79 Å². The third-order valence-corrected chi connectivity index (χ3v) is 5.18. The molecule has 2 aromatic heterocycles. The first-order chi connectivity index (χ1) is 13.3. The number of aryl methyl sites for hydroxylation is 1. The number of likely N-dealkylation sites (tertiary alicyclic amines) is 1. The Hall–Kier alpha value is -2.95. The summed E-state index contributed by atoms with van der Waals surface area (Å²) < 4.78 is 2.04. The van der Waals surface area contributed by atoms with Gasteiger partial charge < -0.3 is 4.90 Å². The van der Waals surface area contributed by atoms with Crippen LogP contribution < -0.4 is 0 Å². The average Bonchev–Trinajstić information content (AvgIpc) is 3.23. The molecule has 1 aliphatic rings. The third kappa shape index (κ3) is 3.63. The number of carbonyl (C=O) groups excluding carboxylic acids is 1. The van der Waals surface area contributed by atoms with Crippen LogP contribution in [0.25, 0.3) is 5.82 Å². The number of hydrogen-bond donors (Lipinski definition) is 0. The van der Waals surface area contributed by atoms with Crippen molar-refractivity contribution in [2.24, 2.45) is 0 Å². The quantitative estimate of drug-likeness (QED) is 0.710. The highest BCUT2D eigenvalue weighted by Crippen LogP contribution is 2.27. The van der Waals surface area contributed by atoms with Gasteiger partial charge in [0, 0.05) is 49.1 Å². The molecule has 0 radical (unpaired) electrons. The highest BCUT2D eigenvalue weighted by molar-refractivity contribution is 5.94. The van der Waals surface area contributed by atoms with Crippen molar-refractivity contribution in [3.63, 3.8) is 0 Å². The molecule has 1 amide bonds. The summed E-state index contributed by atoms with van der Waals surface area (Å²) in [5.41, 5.74) is 1.81. The smallest absolute Gasteiger partial charge is 0.253 e. The van der Waals surface area contributed by atoms with Gasteiger partial charge in [-0.3, -0.25) is 9.36 Å². The molecule has 0 unspecified atom stereocenters. The molecule has 0 spiro atoms. The fourth-order valence-corrected chi connectivity index (χ4v) is 3.77. The van der Waals surface area contributed by atoms with Gasteiger partial charge in [0.25, 0.3) is 5.91 Å². The molecule has 138 valence electrons. The largest absolute Gasteiger partial charge is 0.338 e. The second-order valence-corrected chi connectivity index (χ2v) is 6.94. The van der Waals surface area contributed by atoms with Gasteiger partial charge in [-0.25, -0.2) is 9.97 Å². The molecule has 1 aromatic carbocycles. The lowest BCUT2D eigenvalue weighted by molar-refractivity contribution is 0.0706. The lowest BCUT2D eigenvalue weighted by Crippen LogP contribution is -2.39. The van der Waals surface area contributed by atoms with Crippen LogP contribution in [0.5, 0.6) is 0 Å². The zero-order valence-electron chi connectivity index (χ0n) is 15.6. The van der Waals surface area contributed by atoms with Gasteiger partial charge in [-0.15, -0.1) is 0 Å². The standard InChI is InChI=1S/C22H24N4O/c1-2-20-23-13-15-26(20)21-12-6-11-19(24-21)18-10-7-14-25(16-18)22(27)17-8-4-3-5-9-17/h3-6,8-9,11-13,15,18H,2,7,10,14,16H2,1H3/t18-/m0/s1. The third-order valence-electron chi connectivity index (χ3n) is 5.18. The monoisotopic (exact) mass is 360 g/mol. The van der Waals surface area contributed by atoms with E-state index in [4.69, 9.17) is 4.98 Å². The van der Waals surface area contributed by atoms with Crippen LogP contribution in [0.2, 0.25) is 0 Å². The second kappa shape index (κ2) is 7.74. The summed E-state index contributed by atoms with van der Waals surface area (Å²) in [5.74, 6) is 2.27. The number of pyridine rings is 1. The van der Waals surface area contributed by atoms with E-state index in [1.54, 1.807) is 0 Å². The Kier molecular flexibility index (Phi) is 5.01. The van der Waals surface area contributed by atoms with Crippen LogP contribution in [0.15, 0.2) is 60.9 Å². The molecule has 1 saturated heterocycles. The van der Waals surface area contributed by atoms with E-state index in [0.29, 0.717) is 0 Å². The molecule has 0 aliphatic carbocycles. The highest BCUT2D eigenvalue weighted by Gasteiger charge is 2.26. The Morgan fingerprint density at radius 2 is 2.00 bits per heavy atom. The Morgan fingerprint density at radius 3 is 2.81 bits per heavy atom. The minimum atomic E-state index is 0.110. The molecule has 3 heterocycles. The predicted octanol–water partition coefficient (Wildman–Crippen LogP) is 3.85. The lowest BCUT2D eigenvalue weighted by Gasteiger charge is -2.32. The average molecular weight is 360 g/mol. The van der Waals surface area contributed by atoms with Crippen molar-refractivity contribution >= 4 is 5.91 Å². The molecule has 5 nitrogen and oxygen atoms in total. The molecule has 0 N–H and O–H groups in total. The number of rotatable bonds is 4. The minimum Gasteiger partial charge on any atom is -0.338 e. The van der Waals surface area contributed by atoms with E-state index in [-0.39, 0.29) is 11.8 Å². The number of imidazole rings is 1. The van der Waals surface area contributed by atoms with Gasteiger partial charge in [0.2, 0.25) is 0 Å². The molecule has 27 heavy (non-hydrogen) atoms. The molecule has 0 bridgehead atoms. The summed E-state index contributed by atoms with van der Waals surface area (Å²) in [4.78, 5) is 24.1. The first-order valence-electron chi connectivity index (χ1n) is 9.60. The molecule has 0 saturated carbocycles. The maximum absolute atomic E-state index is 12.8. The summed E-state index contributed by atoms with van der Waals surface area (Å²) in [6.07, 6.45) is 6.69. The van der Waals surface area contributed by atoms with Crippen LogP contribution in [0, 0.1) is 0 Å². The van der Waals surface area contributed by atoms with Crippen molar-refractivity contribution in [3.05, 3.63) is 78.0 Å². The molecular formula is C22H24N4O. The molecule has 5 heteroatoms. The van der Waals surface area contributed by atoms with E-state index in [1.807, 2.05) is 58.3 Å². The van der Waals surface area contributed by atoms with E-state index < -0.39 is 0 Å². The van der Waals surface area contributed by atoms with Crippen molar-refractivity contribution in [3.8, 4) is 5.82 Å². The van der Waals surface area contributed by atoms with Gasteiger partial charge in [-0.1, -0.05) is 31.2 Å². The first kappa shape index (κ1) is 17.5. The molecule has 1 aliphatic heterocycles. The Labute approximate surface area is 159 Å². The highest BCUT2D eigenvalue weighted by atomic mass is 16.2. The SMILES string of the molecule is CCc1nccn1-c1cccc([C@H]2CCCN(C(=O)c3ccccc3)C2)n1. The summed E-state index contributed by atoms with van der Waals surface area (Å²) in [6.45, 7) is 3.62. The number of amides is 1. The van der Waals surface area contributed by atoms with Crippen molar-refractivity contribution in [2.45, 2.75) is 32.1 Å². The Balaban J connectivity index is 1.55. The molecule has 4 rings (SSSR count). The lowest BCUT2D eigenvalue weighted by atomic mass is 9.93. The maximum atomic E-state index is 12.8. The van der Waals surface area contributed by atoms with E-state index in [2.05, 4.69) is 24.0 Å². The van der Waals surface area contributed by atoms with Crippen LogP contribution in [-0.4, -0.2) is 38.4 Å². The first-order valence-corrected chi connectivity index (χ1v) is 9.60. The van der Waals surface area contributed by atoms with Crippen LogP contribution in [0.1, 0.15) is 47.6 Å². The zero-order chi connectivity index (χ0) is 18.6. The fourth-order valence-electron chi connectivity index (χ4n) is 3.77. The van der Waals surface area contributed by atoms with Crippen molar-refractivity contribution in [1.29, 1.82) is 0 Å². The number of aromatic nitrogens is 3. The van der Waals surface area contributed by atoms with Crippen LogP contribution in [-0.2, 0) is 6.42 Å². The van der Waals surface area contributed by atoms with Crippen molar-refractivity contribution < 1.29 is 4.79 Å². The number of hydrogen-bond acceptors (Lipinski definition) is 3. The normalized spacial score (nSPS) is 17.1. The van der Waals surface area contributed by atoms with Gasteiger partial charge in [-0.05, 0) is 37.1 Å². The summed E-state index contributed by atoms with van der Waals surface area (Å²) in [7, 11) is 0. The molecular weight excluding hydrogens is 336 g/mol. The summed E-state index contributed by atoms with van der Waals surface area (Å²) in [5, 5.41) is 0. The minimum absolute atomic E-state index is 0.110. The van der Waals surface area contributed by atoms with Crippen molar-refractivity contribution in [1.82, 2.24) is 19.4 Å².